The Balaban J connectivity index is 2.05. The standard InChI is InChI=1S/C14H14N2O3/c15-14(18)13-7-11(4-5-16-13)9-19-12-3-1-2-10(6-12)8-17/h1-7,17H,8-9H2,(H2,15,18). The summed E-state index contributed by atoms with van der Waals surface area (Å²) in [5.74, 6) is 0.0908. The van der Waals surface area contributed by atoms with Crippen molar-refractivity contribution in [3.63, 3.8) is 0 Å². The van der Waals surface area contributed by atoms with E-state index in [1.54, 1.807) is 24.3 Å². The van der Waals surface area contributed by atoms with Gasteiger partial charge in [-0.15, -0.1) is 0 Å². The summed E-state index contributed by atoms with van der Waals surface area (Å²) in [6.07, 6.45) is 1.52. The molecule has 0 fully saturated rings. The van der Waals surface area contributed by atoms with Crippen molar-refractivity contribution in [2.24, 2.45) is 5.73 Å². The maximum Gasteiger partial charge on any atom is 0.267 e. The maximum atomic E-state index is 11.0. The number of primary amides is 1. The Labute approximate surface area is 110 Å². The van der Waals surface area contributed by atoms with Gasteiger partial charge in [0.15, 0.2) is 0 Å². The van der Waals surface area contributed by atoms with E-state index in [-0.39, 0.29) is 12.3 Å². The number of hydrogen-bond acceptors (Lipinski definition) is 4. The lowest BCUT2D eigenvalue weighted by atomic mass is 10.2. The molecular weight excluding hydrogens is 244 g/mol. The largest absolute Gasteiger partial charge is 0.489 e. The van der Waals surface area contributed by atoms with Crippen LogP contribution in [-0.2, 0) is 13.2 Å². The summed E-state index contributed by atoms with van der Waals surface area (Å²) in [6.45, 7) is 0.274. The van der Waals surface area contributed by atoms with Gasteiger partial charge in [-0.25, -0.2) is 0 Å². The number of nitrogens with zero attached hydrogens (tertiary/aromatic N) is 1. The van der Waals surface area contributed by atoms with Gasteiger partial charge in [-0.1, -0.05) is 12.1 Å². The van der Waals surface area contributed by atoms with E-state index in [0.29, 0.717) is 12.4 Å². The van der Waals surface area contributed by atoms with Crippen LogP contribution in [0.2, 0.25) is 0 Å². The van der Waals surface area contributed by atoms with Crippen LogP contribution in [-0.4, -0.2) is 16.0 Å². The fraction of sp³-hybridized carbons (Fsp3) is 0.143. The molecule has 0 saturated carbocycles. The second-order valence-corrected chi connectivity index (χ2v) is 4.01. The summed E-state index contributed by atoms with van der Waals surface area (Å²) in [6, 6.07) is 10.5. The molecule has 1 amide bonds. The third kappa shape index (κ3) is 3.53. The predicted octanol–water partition coefficient (Wildman–Crippen LogP) is 1.25. The minimum absolute atomic E-state index is 0.0295. The molecule has 3 N–H and O–H groups in total. The minimum atomic E-state index is -0.566. The molecule has 0 atom stereocenters. The molecule has 2 aromatic rings. The number of ether oxygens (including phenoxy) is 1. The third-order valence-corrected chi connectivity index (χ3v) is 2.56. The molecule has 2 rings (SSSR count). The number of nitrogens with two attached hydrogens (primary N) is 1. The molecular formula is C14H14N2O3. The summed E-state index contributed by atoms with van der Waals surface area (Å²) in [4.78, 5) is 14.9. The van der Waals surface area contributed by atoms with Crippen molar-refractivity contribution in [2.75, 3.05) is 0 Å². The first-order valence-corrected chi connectivity index (χ1v) is 5.76. The van der Waals surface area contributed by atoms with E-state index < -0.39 is 5.91 Å². The number of aliphatic hydroxyl groups excluding tert-OH is 1. The van der Waals surface area contributed by atoms with Crippen LogP contribution in [0.3, 0.4) is 0 Å². The molecule has 0 aliphatic heterocycles. The van der Waals surface area contributed by atoms with Crippen LogP contribution in [0.1, 0.15) is 21.6 Å². The highest BCUT2D eigenvalue weighted by atomic mass is 16.5. The van der Waals surface area contributed by atoms with Crippen LogP contribution in [0, 0.1) is 0 Å². The zero-order valence-electron chi connectivity index (χ0n) is 10.2. The van der Waals surface area contributed by atoms with Gasteiger partial charge in [0, 0.05) is 6.20 Å². The number of carbonyl (C=O) groups is 1. The van der Waals surface area contributed by atoms with Crippen molar-refractivity contribution < 1.29 is 14.6 Å². The Morgan fingerprint density at radius 2 is 2.11 bits per heavy atom. The van der Waals surface area contributed by atoms with Crippen molar-refractivity contribution >= 4 is 5.91 Å². The predicted molar refractivity (Wildman–Crippen MR) is 69.5 cm³/mol. The zero-order chi connectivity index (χ0) is 13.7. The highest BCUT2D eigenvalue weighted by molar-refractivity contribution is 5.90. The molecule has 5 heteroatoms. The van der Waals surface area contributed by atoms with Gasteiger partial charge in [0.25, 0.3) is 5.91 Å². The number of hydrogen-bond donors (Lipinski definition) is 2. The Bertz CT molecular complexity index is 584. The summed E-state index contributed by atoms with van der Waals surface area (Å²) < 4.78 is 5.58. The van der Waals surface area contributed by atoms with Crippen molar-refractivity contribution in [3.05, 3.63) is 59.4 Å². The molecule has 0 unspecified atom stereocenters. The molecule has 19 heavy (non-hydrogen) atoms. The topological polar surface area (TPSA) is 85.4 Å². The summed E-state index contributed by atoms with van der Waals surface area (Å²) >= 11 is 0. The molecule has 0 bridgehead atoms. The molecule has 0 saturated heterocycles. The number of carbonyl (C=O) groups excluding carboxylic acids is 1. The highest BCUT2D eigenvalue weighted by Crippen LogP contribution is 2.15. The van der Waals surface area contributed by atoms with Crippen LogP contribution < -0.4 is 10.5 Å². The van der Waals surface area contributed by atoms with Crippen LogP contribution in [0.15, 0.2) is 42.6 Å². The van der Waals surface area contributed by atoms with Gasteiger partial charge in [-0.3, -0.25) is 9.78 Å². The van der Waals surface area contributed by atoms with Crippen LogP contribution in [0.25, 0.3) is 0 Å². The van der Waals surface area contributed by atoms with E-state index in [1.807, 2.05) is 12.1 Å². The van der Waals surface area contributed by atoms with Gasteiger partial charge in [-0.05, 0) is 35.4 Å². The maximum absolute atomic E-state index is 11.0. The minimum Gasteiger partial charge on any atom is -0.489 e. The number of aromatic nitrogens is 1. The first-order chi connectivity index (χ1) is 9.19. The number of benzene rings is 1. The number of amides is 1. The van der Waals surface area contributed by atoms with E-state index in [1.165, 1.54) is 6.20 Å². The lowest BCUT2D eigenvalue weighted by Crippen LogP contribution is -2.13. The molecule has 1 heterocycles. The van der Waals surface area contributed by atoms with Crippen molar-refractivity contribution in [1.82, 2.24) is 4.98 Å². The van der Waals surface area contributed by atoms with Crippen molar-refractivity contribution in [2.45, 2.75) is 13.2 Å². The molecule has 98 valence electrons. The van der Waals surface area contributed by atoms with Crippen LogP contribution in [0.4, 0.5) is 0 Å². The van der Waals surface area contributed by atoms with Crippen LogP contribution >= 0.6 is 0 Å². The second kappa shape index (κ2) is 5.97. The van der Waals surface area contributed by atoms with Gasteiger partial charge in [0.05, 0.1) is 6.61 Å². The Hall–Kier alpha value is -2.40. The zero-order valence-corrected chi connectivity index (χ0v) is 10.2. The molecule has 1 aromatic carbocycles. The molecule has 0 aliphatic carbocycles. The Morgan fingerprint density at radius 3 is 2.84 bits per heavy atom. The lowest BCUT2D eigenvalue weighted by Gasteiger charge is -2.07. The summed E-state index contributed by atoms with van der Waals surface area (Å²) in [7, 11) is 0. The van der Waals surface area contributed by atoms with Gasteiger partial charge < -0.3 is 15.6 Å². The number of aliphatic hydroxyl groups is 1. The number of rotatable bonds is 5. The summed E-state index contributed by atoms with van der Waals surface area (Å²) in [5, 5.41) is 9.03. The Morgan fingerprint density at radius 1 is 1.26 bits per heavy atom. The van der Waals surface area contributed by atoms with Crippen molar-refractivity contribution in [1.29, 1.82) is 0 Å². The number of pyridine rings is 1. The average molecular weight is 258 g/mol. The fourth-order valence-corrected chi connectivity index (χ4v) is 1.60. The van der Waals surface area contributed by atoms with Crippen molar-refractivity contribution in [3.8, 4) is 5.75 Å². The Kier molecular flexibility index (Phi) is 4.10. The van der Waals surface area contributed by atoms with E-state index in [9.17, 15) is 4.79 Å². The van der Waals surface area contributed by atoms with Crippen LogP contribution in [0.5, 0.6) is 5.75 Å². The van der Waals surface area contributed by atoms with E-state index >= 15 is 0 Å². The van der Waals surface area contributed by atoms with E-state index in [4.69, 9.17) is 15.6 Å². The molecule has 1 aromatic heterocycles. The highest BCUT2D eigenvalue weighted by Gasteiger charge is 2.03. The average Bonchev–Trinajstić information content (AvgIpc) is 2.45. The SMILES string of the molecule is NC(=O)c1cc(COc2cccc(CO)c2)ccn1. The second-order valence-electron chi connectivity index (χ2n) is 4.01. The quantitative estimate of drug-likeness (QED) is 0.845. The molecule has 0 aliphatic rings. The van der Waals surface area contributed by atoms with Gasteiger partial charge in [0.1, 0.15) is 18.1 Å². The van der Waals surface area contributed by atoms with Gasteiger partial charge in [-0.2, -0.15) is 0 Å². The van der Waals surface area contributed by atoms with E-state index in [0.717, 1.165) is 11.1 Å². The van der Waals surface area contributed by atoms with Gasteiger partial charge in [0.2, 0.25) is 0 Å². The first-order valence-electron chi connectivity index (χ1n) is 5.76. The third-order valence-electron chi connectivity index (χ3n) is 2.56. The summed E-state index contributed by atoms with van der Waals surface area (Å²) in [5.41, 5.74) is 6.96. The monoisotopic (exact) mass is 258 g/mol. The molecule has 0 spiro atoms. The molecule has 5 nitrogen and oxygen atoms in total. The lowest BCUT2D eigenvalue weighted by molar-refractivity contribution is 0.0995. The fourth-order valence-electron chi connectivity index (χ4n) is 1.60. The smallest absolute Gasteiger partial charge is 0.267 e. The first kappa shape index (κ1) is 13.0. The van der Waals surface area contributed by atoms with E-state index in [2.05, 4.69) is 4.98 Å². The molecule has 0 radical (unpaired) electrons. The van der Waals surface area contributed by atoms with Gasteiger partial charge >= 0.3 is 0 Å². The normalized spacial score (nSPS) is 10.2.